The molecule has 0 radical (unpaired) electrons. The van der Waals surface area contributed by atoms with Crippen molar-refractivity contribution in [3.63, 3.8) is 0 Å². The number of thiol groups is 1. The quantitative estimate of drug-likeness (QED) is 0.0505. The Labute approximate surface area is 257 Å². The molecule has 0 aliphatic carbocycles. The van der Waals surface area contributed by atoms with Crippen LogP contribution in [0.4, 0.5) is 0 Å². The summed E-state index contributed by atoms with van der Waals surface area (Å²) in [5.74, 6) is -6.47. The molecule has 0 fully saturated rings. The second-order valence-corrected chi connectivity index (χ2v) is 10.1. The van der Waals surface area contributed by atoms with Crippen molar-refractivity contribution in [2.75, 3.05) is 12.3 Å². The molecule has 0 saturated heterocycles. The maximum absolute atomic E-state index is 13.3. The van der Waals surface area contributed by atoms with Crippen LogP contribution in [0.3, 0.4) is 0 Å². The molecular weight excluding hydrogens is 600 g/mol. The van der Waals surface area contributed by atoms with Gasteiger partial charge in [-0.2, -0.15) is 12.6 Å². The van der Waals surface area contributed by atoms with Gasteiger partial charge in [-0.1, -0.05) is 6.42 Å². The van der Waals surface area contributed by atoms with Crippen LogP contribution >= 0.6 is 12.6 Å². The zero-order valence-corrected chi connectivity index (χ0v) is 24.6. The van der Waals surface area contributed by atoms with E-state index < -0.39 is 72.2 Å². The molecule has 0 aromatic carbocycles. The fourth-order valence-electron chi connectivity index (χ4n) is 3.95. The summed E-state index contributed by atoms with van der Waals surface area (Å²) in [6, 6.07) is -6.70. The number of amides is 4. The van der Waals surface area contributed by atoms with Gasteiger partial charge < -0.3 is 52.9 Å². The van der Waals surface area contributed by atoms with Crippen LogP contribution in [-0.4, -0.2) is 108 Å². The van der Waals surface area contributed by atoms with Gasteiger partial charge in [0.15, 0.2) is 0 Å². The van der Waals surface area contributed by atoms with E-state index in [-0.39, 0.29) is 25.0 Å². The predicted molar refractivity (Wildman–Crippen MR) is 157 cm³/mol. The minimum absolute atomic E-state index is 0.136. The summed E-state index contributed by atoms with van der Waals surface area (Å²) in [7, 11) is 0. The number of carbonyl (C=O) groups is 6. The number of imidazole rings is 2. The Balaban J connectivity index is 2.16. The van der Waals surface area contributed by atoms with Crippen LogP contribution in [-0.2, 0) is 41.6 Å². The van der Waals surface area contributed by atoms with Crippen molar-refractivity contribution in [2.45, 2.75) is 68.7 Å². The Morgan fingerprint density at radius 3 is 1.77 bits per heavy atom. The summed E-state index contributed by atoms with van der Waals surface area (Å²) in [5, 5.41) is 28.4. The van der Waals surface area contributed by atoms with E-state index in [2.05, 4.69) is 53.8 Å². The van der Waals surface area contributed by atoms with Crippen LogP contribution in [0, 0.1) is 0 Å². The predicted octanol–water partition coefficient (Wildman–Crippen LogP) is -3.20. The van der Waals surface area contributed by atoms with Crippen LogP contribution in [0.5, 0.6) is 0 Å². The third kappa shape index (κ3) is 12.0. The number of nitrogens with zero attached hydrogens (tertiary/aromatic N) is 2. The molecule has 2 aromatic rings. The molecule has 0 saturated carbocycles. The standard InChI is InChI=1S/C25H38N10O8S/c26-4-2-1-3-15(27)21(38)32-17(7-20(36)37)23(40)33-16(5-13-8-28-11-30-13)22(39)35-19(10-44)24(41)34-18(25(42)43)6-14-9-29-12-31-14/h8-9,11-12,15-19,44H,1-7,10,26-27H2,(H,28,30)(H,29,31)(H,32,38)(H,33,40)(H,34,41)(H,35,39)(H,36,37)(H,42,43)/t15-,16-,17-,18-,19-/m0/s1. The number of aromatic nitrogens is 4. The molecule has 242 valence electrons. The Bertz CT molecular complexity index is 1240. The first-order valence-electron chi connectivity index (χ1n) is 13.6. The van der Waals surface area contributed by atoms with E-state index in [1.54, 1.807) is 0 Å². The number of H-pyrrole nitrogens is 2. The summed E-state index contributed by atoms with van der Waals surface area (Å²) in [6.45, 7) is 0.402. The van der Waals surface area contributed by atoms with Gasteiger partial charge in [-0.05, 0) is 19.4 Å². The lowest BCUT2D eigenvalue weighted by atomic mass is 10.1. The molecular formula is C25H38N10O8S. The van der Waals surface area contributed by atoms with Crippen LogP contribution < -0.4 is 32.7 Å². The Hall–Kier alpha value is -4.49. The normalized spacial score (nSPS) is 14.3. The van der Waals surface area contributed by atoms with Crippen LogP contribution in [0.2, 0.25) is 0 Å². The van der Waals surface area contributed by atoms with E-state index in [4.69, 9.17) is 11.5 Å². The molecule has 19 heteroatoms. The van der Waals surface area contributed by atoms with Crippen molar-refractivity contribution in [3.8, 4) is 0 Å². The summed E-state index contributed by atoms with van der Waals surface area (Å²) in [6.07, 6.45) is 5.90. The summed E-state index contributed by atoms with van der Waals surface area (Å²) in [4.78, 5) is 88.6. The number of carbonyl (C=O) groups excluding carboxylic acids is 4. The zero-order valence-electron chi connectivity index (χ0n) is 23.7. The molecule has 2 heterocycles. The van der Waals surface area contributed by atoms with Crippen molar-refractivity contribution in [2.24, 2.45) is 11.5 Å². The number of carboxylic acids is 2. The highest BCUT2D eigenvalue weighted by atomic mass is 32.1. The van der Waals surface area contributed by atoms with Crippen molar-refractivity contribution in [1.29, 1.82) is 0 Å². The molecule has 2 rings (SSSR count). The van der Waals surface area contributed by atoms with Gasteiger partial charge in [-0.3, -0.25) is 24.0 Å². The average Bonchev–Trinajstić information content (AvgIpc) is 3.69. The SMILES string of the molecule is NCCCC[C@H](N)C(=O)N[C@@H](CC(=O)O)C(=O)N[C@@H](Cc1c[nH]cn1)C(=O)N[C@@H](CS)C(=O)N[C@@H](Cc1c[nH]cn1)C(=O)O. The van der Waals surface area contributed by atoms with Crippen LogP contribution in [0.15, 0.2) is 25.0 Å². The van der Waals surface area contributed by atoms with E-state index in [1.165, 1.54) is 25.0 Å². The molecule has 0 bridgehead atoms. The first-order chi connectivity index (χ1) is 20.9. The maximum Gasteiger partial charge on any atom is 0.326 e. The smallest absolute Gasteiger partial charge is 0.326 e. The molecule has 0 aliphatic heterocycles. The Morgan fingerprint density at radius 1 is 0.773 bits per heavy atom. The fourth-order valence-corrected chi connectivity index (χ4v) is 4.20. The number of rotatable bonds is 20. The highest BCUT2D eigenvalue weighted by Gasteiger charge is 2.33. The van der Waals surface area contributed by atoms with E-state index in [9.17, 15) is 39.0 Å². The van der Waals surface area contributed by atoms with E-state index in [1.807, 2.05) is 0 Å². The average molecular weight is 639 g/mol. The fraction of sp³-hybridized carbons (Fsp3) is 0.520. The van der Waals surface area contributed by atoms with Gasteiger partial charge in [-0.15, -0.1) is 0 Å². The summed E-state index contributed by atoms with van der Waals surface area (Å²) in [5.41, 5.74) is 12.0. The van der Waals surface area contributed by atoms with Gasteiger partial charge in [0.2, 0.25) is 23.6 Å². The molecule has 0 unspecified atom stereocenters. The van der Waals surface area contributed by atoms with Gasteiger partial charge in [0.25, 0.3) is 0 Å². The lowest BCUT2D eigenvalue weighted by Crippen LogP contribution is -2.59. The van der Waals surface area contributed by atoms with Crippen LogP contribution in [0.1, 0.15) is 37.1 Å². The molecule has 12 N–H and O–H groups in total. The molecule has 0 spiro atoms. The molecule has 4 amide bonds. The highest BCUT2D eigenvalue weighted by molar-refractivity contribution is 7.80. The van der Waals surface area contributed by atoms with Gasteiger partial charge in [0, 0.05) is 31.0 Å². The van der Waals surface area contributed by atoms with E-state index in [0.29, 0.717) is 30.8 Å². The van der Waals surface area contributed by atoms with E-state index in [0.717, 1.165) is 0 Å². The first-order valence-corrected chi connectivity index (χ1v) is 14.3. The molecule has 0 aliphatic rings. The van der Waals surface area contributed by atoms with Gasteiger partial charge in [0.05, 0.1) is 36.5 Å². The monoisotopic (exact) mass is 638 g/mol. The largest absolute Gasteiger partial charge is 0.481 e. The molecule has 5 atom stereocenters. The first kappa shape index (κ1) is 35.7. The summed E-state index contributed by atoms with van der Waals surface area (Å²) >= 11 is 4.10. The topological polar surface area (TPSA) is 300 Å². The summed E-state index contributed by atoms with van der Waals surface area (Å²) < 4.78 is 0. The molecule has 2 aromatic heterocycles. The molecule has 44 heavy (non-hydrogen) atoms. The number of aromatic amines is 2. The zero-order chi connectivity index (χ0) is 32.6. The van der Waals surface area contributed by atoms with Gasteiger partial charge in [-0.25, -0.2) is 14.8 Å². The van der Waals surface area contributed by atoms with E-state index >= 15 is 0 Å². The third-order valence-corrected chi connectivity index (χ3v) is 6.68. The second-order valence-electron chi connectivity index (χ2n) is 9.78. The van der Waals surface area contributed by atoms with Gasteiger partial charge in [0.1, 0.15) is 24.2 Å². The lowest BCUT2D eigenvalue weighted by Gasteiger charge is -2.25. The number of hydrogen-bond donors (Lipinski definition) is 11. The van der Waals surface area contributed by atoms with Crippen molar-refractivity contribution in [3.05, 3.63) is 36.4 Å². The van der Waals surface area contributed by atoms with Crippen molar-refractivity contribution in [1.82, 2.24) is 41.2 Å². The Morgan fingerprint density at radius 2 is 1.27 bits per heavy atom. The number of aliphatic carboxylic acids is 2. The Kier molecular flexibility index (Phi) is 14.8. The number of nitrogens with one attached hydrogen (secondary N) is 6. The number of carboxylic acid groups (broad SMARTS) is 2. The number of unbranched alkanes of at least 4 members (excludes halogenated alkanes) is 1. The van der Waals surface area contributed by atoms with Crippen molar-refractivity contribution < 1.29 is 39.0 Å². The second kappa shape index (κ2) is 18.2. The molecule has 18 nitrogen and oxygen atoms in total. The number of hydrogen-bond acceptors (Lipinski definition) is 11. The minimum Gasteiger partial charge on any atom is -0.481 e. The van der Waals surface area contributed by atoms with Crippen molar-refractivity contribution >= 4 is 48.2 Å². The minimum atomic E-state index is -1.59. The number of nitrogens with two attached hydrogens (primary N) is 2. The third-order valence-electron chi connectivity index (χ3n) is 6.32. The maximum atomic E-state index is 13.3. The lowest BCUT2D eigenvalue weighted by molar-refractivity contribution is -0.142. The van der Waals surface area contributed by atoms with Crippen LogP contribution in [0.25, 0.3) is 0 Å². The van der Waals surface area contributed by atoms with Gasteiger partial charge >= 0.3 is 11.9 Å². The highest BCUT2D eigenvalue weighted by Crippen LogP contribution is 2.05.